The zero-order valence-corrected chi connectivity index (χ0v) is 57.8. The predicted octanol–water partition coefficient (Wildman–Crippen LogP) is 15.0. The molecule has 20 nitrogen and oxygen atoms in total. The van der Waals surface area contributed by atoms with Gasteiger partial charge in [-0.25, -0.2) is 62.4 Å². The number of anilines is 4. The Hall–Kier alpha value is -11.6. The molecule has 0 radical (unpaired) electrons. The van der Waals surface area contributed by atoms with Crippen LogP contribution in [0.25, 0.3) is 0 Å². The zero-order valence-electron chi connectivity index (χ0n) is 54.5. The number of hydrogen-bond acceptors (Lipinski definition) is 16. The summed E-state index contributed by atoms with van der Waals surface area (Å²) in [6.45, 7) is 6.67. The molecule has 26 heteroatoms. The molecule has 0 aliphatic heterocycles. The Bertz CT molecular complexity index is 5150. The van der Waals surface area contributed by atoms with Crippen LogP contribution in [0, 0.1) is 32.4 Å². The fourth-order valence-electron chi connectivity index (χ4n) is 9.06. The highest BCUT2D eigenvalue weighted by atomic mass is 32.2. The monoisotopic (exact) mass is 1440 g/mol. The lowest BCUT2D eigenvalue weighted by Crippen LogP contribution is -2.16. The number of ether oxygens (including phenoxy) is 4. The fourth-order valence-corrected chi connectivity index (χ4v) is 13.5. The molecule has 0 atom stereocenters. The highest BCUT2D eigenvalue weighted by molar-refractivity contribution is 7.93. The minimum atomic E-state index is -4.24. The van der Waals surface area contributed by atoms with Gasteiger partial charge in [0.2, 0.25) is 0 Å². The lowest BCUT2D eigenvalue weighted by molar-refractivity contribution is 0.307. The molecule has 4 N–H and O–H groups in total. The van der Waals surface area contributed by atoms with Crippen molar-refractivity contribution in [3.05, 3.63) is 336 Å². The number of benzene rings is 8. The minimum Gasteiger partial charge on any atom is -0.485 e. The molecule has 0 saturated carbocycles. The SMILES string of the molecule is Cc1ccc(S(=O)(=O)Nc2ncccc2OCc2ccccc2)cc1.Cc1cccc(S(=O)(=O)Nc2ncccc2OCc2ccccc2)c1.Cc1ccccc1S(=O)(=O)Nc1ncccc1OCc1ccccc1.O=S(=O)(Nc1ncccc1OCc1ccccc1)c1cc(F)cc(F)c1. The number of nitrogens with one attached hydrogen (secondary N) is 4. The van der Waals surface area contributed by atoms with E-state index < -0.39 is 56.6 Å². The van der Waals surface area contributed by atoms with E-state index in [0.717, 1.165) is 45.5 Å². The van der Waals surface area contributed by atoms with E-state index in [0.29, 0.717) is 48.7 Å². The molecule has 101 heavy (non-hydrogen) atoms. The van der Waals surface area contributed by atoms with E-state index in [1.54, 1.807) is 122 Å². The summed E-state index contributed by atoms with van der Waals surface area (Å²) in [4.78, 5) is 16.3. The molecule has 518 valence electrons. The maximum atomic E-state index is 13.3. The molecule has 0 bridgehead atoms. The molecule has 0 aliphatic carbocycles. The standard InChI is InChI=1S/3C19H18N2O3S.C18H14F2N2O3S/c1-15-7-5-10-17(13-15)25(22,23)21-19-18(11-6-12-20-19)24-14-16-8-3-2-4-9-16;1-15-8-5-6-12-18(15)25(22,23)21-19-17(11-7-13-20-19)24-14-16-9-3-2-4-10-16;1-15-9-11-17(12-10-15)25(22,23)21-19-18(8-5-13-20-19)24-14-16-6-3-2-4-7-16;19-14-9-15(20)11-16(10-14)26(23,24)22-18-17(7-4-8-21-18)25-12-13-5-2-1-3-6-13/h3*2-13H,14H2,1H3,(H,20,21);1-11H,12H2,(H,21,22). The van der Waals surface area contributed by atoms with Crippen molar-refractivity contribution < 1.29 is 61.4 Å². The van der Waals surface area contributed by atoms with Crippen molar-refractivity contribution in [1.29, 1.82) is 0 Å². The summed E-state index contributed by atoms with van der Waals surface area (Å²) >= 11 is 0. The number of aromatic nitrogens is 4. The van der Waals surface area contributed by atoms with Crippen LogP contribution < -0.4 is 37.8 Å². The lowest BCUT2D eigenvalue weighted by atomic mass is 10.2. The Morgan fingerprint density at radius 1 is 0.297 bits per heavy atom. The molecule has 0 spiro atoms. The van der Waals surface area contributed by atoms with Crippen LogP contribution in [0.1, 0.15) is 38.9 Å². The quantitative estimate of drug-likeness (QED) is 0.0438. The van der Waals surface area contributed by atoms with Crippen LogP contribution in [0.4, 0.5) is 32.1 Å². The highest BCUT2D eigenvalue weighted by Gasteiger charge is 2.23. The summed E-state index contributed by atoms with van der Waals surface area (Å²) in [7, 11) is -15.4. The zero-order chi connectivity index (χ0) is 71.7. The van der Waals surface area contributed by atoms with E-state index in [9.17, 15) is 42.5 Å². The third kappa shape index (κ3) is 22.5. The Morgan fingerprint density at radius 2 is 0.624 bits per heavy atom. The number of nitrogens with zero attached hydrogens (tertiary/aromatic N) is 4. The third-order valence-electron chi connectivity index (χ3n) is 14.1. The molecule has 8 aromatic carbocycles. The lowest BCUT2D eigenvalue weighted by Gasteiger charge is -2.13. The molecule has 0 saturated heterocycles. The summed E-state index contributed by atoms with van der Waals surface area (Å²) < 4.78 is 159. The molecule has 0 aliphatic rings. The van der Waals surface area contributed by atoms with Gasteiger partial charge in [0.15, 0.2) is 46.3 Å². The molecule has 0 fully saturated rings. The number of sulfonamides is 4. The summed E-state index contributed by atoms with van der Waals surface area (Å²) in [6, 6.07) is 73.6. The van der Waals surface area contributed by atoms with Gasteiger partial charge in [0, 0.05) is 30.9 Å². The first-order valence-electron chi connectivity index (χ1n) is 30.8. The largest absolute Gasteiger partial charge is 0.485 e. The van der Waals surface area contributed by atoms with Crippen molar-refractivity contribution in [3.8, 4) is 23.0 Å². The van der Waals surface area contributed by atoms with Gasteiger partial charge >= 0.3 is 0 Å². The Kier molecular flexibility index (Phi) is 25.7. The number of hydrogen-bond donors (Lipinski definition) is 4. The minimum absolute atomic E-state index is 0.0758. The summed E-state index contributed by atoms with van der Waals surface area (Å²) in [5, 5.41) is 0. The summed E-state index contributed by atoms with van der Waals surface area (Å²) in [6.07, 6.45) is 5.93. The second-order valence-electron chi connectivity index (χ2n) is 21.9. The Balaban J connectivity index is 0.000000157. The van der Waals surface area contributed by atoms with Crippen molar-refractivity contribution in [2.24, 2.45) is 0 Å². The number of halogens is 2. The van der Waals surface area contributed by atoms with Crippen molar-refractivity contribution in [3.63, 3.8) is 0 Å². The maximum absolute atomic E-state index is 13.3. The normalized spacial score (nSPS) is 11.1. The molecule has 12 rings (SSSR count). The van der Waals surface area contributed by atoms with Crippen LogP contribution in [0.15, 0.2) is 305 Å². The summed E-state index contributed by atoms with van der Waals surface area (Å²) in [5.74, 6) is -0.238. The van der Waals surface area contributed by atoms with Crippen LogP contribution in [-0.2, 0) is 66.5 Å². The average Bonchev–Trinajstić information content (AvgIpc) is 0.838. The van der Waals surface area contributed by atoms with E-state index in [2.05, 4.69) is 38.8 Å². The van der Waals surface area contributed by atoms with Crippen LogP contribution >= 0.6 is 0 Å². The summed E-state index contributed by atoms with van der Waals surface area (Å²) in [5.41, 5.74) is 6.36. The van der Waals surface area contributed by atoms with Gasteiger partial charge in [-0.2, -0.15) is 0 Å². The van der Waals surface area contributed by atoms with Gasteiger partial charge in [0.1, 0.15) is 38.1 Å². The molecular formula is C75H68F2N8O12S4. The van der Waals surface area contributed by atoms with Gasteiger partial charge in [-0.15, -0.1) is 0 Å². The van der Waals surface area contributed by atoms with Gasteiger partial charge in [0.05, 0.1) is 19.6 Å². The van der Waals surface area contributed by atoms with Gasteiger partial charge in [-0.1, -0.05) is 169 Å². The first-order valence-corrected chi connectivity index (χ1v) is 36.8. The van der Waals surface area contributed by atoms with Gasteiger partial charge in [-0.05, 0) is 145 Å². The molecule has 4 heterocycles. The molecule has 12 aromatic rings. The van der Waals surface area contributed by atoms with Gasteiger partial charge in [-0.3, -0.25) is 18.9 Å². The van der Waals surface area contributed by atoms with Gasteiger partial charge in [0.25, 0.3) is 40.1 Å². The van der Waals surface area contributed by atoms with E-state index in [1.807, 2.05) is 141 Å². The maximum Gasteiger partial charge on any atom is 0.263 e. The fraction of sp³-hybridized carbons (Fsp3) is 0.0933. The molecule has 4 aromatic heterocycles. The average molecular weight is 1440 g/mol. The predicted molar refractivity (Wildman–Crippen MR) is 383 cm³/mol. The Labute approximate surface area is 586 Å². The van der Waals surface area contributed by atoms with Crippen LogP contribution in [0.3, 0.4) is 0 Å². The second-order valence-corrected chi connectivity index (χ2v) is 28.6. The van der Waals surface area contributed by atoms with Crippen molar-refractivity contribution >= 4 is 63.4 Å². The van der Waals surface area contributed by atoms with Crippen molar-refractivity contribution in [2.45, 2.75) is 66.8 Å². The number of pyridine rings is 4. The van der Waals surface area contributed by atoms with Crippen molar-refractivity contribution in [1.82, 2.24) is 19.9 Å². The third-order valence-corrected chi connectivity index (χ3v) is 19.6. The van der Waals surface area contributed by atoms with Crippen molar-refractivity contribution in [2.75, 3.05) is 18.9 Å². The van der Waals surface area contributed by atoms with Gasteiger partial charge < -0.3 is 18.9 Å². The van der Waals surface area contributed by atoms with Crippen LogP contribution in [-0.4, -0.2) is 53.6 Å². The van der Waals surface area contributed by atoms with Crippen LogP contribution in [0.5, 0.6) is 23.0 Å². The van der Waals surface area contributed by atoms with E-state index in [4.69, 9.17) is 18.9 Å². The number of aryl methyl sites for hydroxylation is 3. The first-order chi connectivity index (χ1) is 48.6. The van der Waals surface area contributed by atoms with E-state index in [-0.39, 0.29) is 50.3 Å². The molecule has 0 unspecified atom stereocenters. The topological polar surface area (TPSA) is 273 Å². The number of rotatable bonds is 24. The van der Waals surface area contributed by atoms with Crippen LogP contribution in [0.2, 0.25) is 0 Å². The van der Waals surface area contributed by atoms with E-state index in [1.165, 1.54) is 24.8 Å². The molecular weight excluding hydrogens is 1370 g/mol. The highest BCUT2D eigenvalue weighted by Crippen LogP contribution is 2.30. The first kappa shape index (κ1) is 73.7. The second kappa shape index (κ2) is 35.3. The molecule has 0 amide bonds. The Morgan fingerprint density at radius 3 is 0.980 bits per heavy atom. The smallest absolute Gasteiger partial charge is 0.263 e. The van der Waals surface area contributed by atoms with E-state index >= 15 is 0 Å².